The molecule has 1 aliphatic heterocycles. The summed E-state index contributed by atoms with van der Waals surface area (Å²) in [5.74, 6) is 0.778. The first kappa shape index (κ1) is 20.1. The Morgan fingerprint density at radius 2 is 1.78 bits per heavy atom. The van der Waals surface area contributed by atoms with E-state index < -0.39 is 0 Å². The molecule has 27 heavy (non-hydrogen) atoms. The molecular weight excluding hydrogens is 338 g/mol. The number of hydrogen-bond donors (Lipinski definition) is 2. The van der Waals surface area contributed by atoms with Crippen molar-refractivity contribution < 1.29 is 9.53 Å². The average Bonchev–Trinajstić information content (AvgIpc) is 2.69. The predicted octanol–water partition coefficient (Wildman–Crippen LogP) is 4.60. The molecule has 0 spiro atoms. The molecule has 0 bridgehead atoms. The Balaban J connectivity index is 1.43. The van der Waals surface area contributed by atoms with Gasteiger partial charge in [0.25, 0.3) is 0 Å². The Labute approximate surface area is 163 Å². The van der Waals surface area contributed by atoms with Gasteiger partial charge in [0.05, 0.1) is 6.10 Å². The highest BCUT2D eigenvalue weighted by atomic mass is 16.5. The number of rotatable bonds is 5. The molecule has 3 rings (SSSR count). The minimum atomic E-state index is -0.0198. The van der Waals surface area contributed by atoms with Gasteiger partial charge in [-0.2, -0.15) is 0 Å². The number of nitrogens with one attached hydrogen (secondary N) is 2. The van der Waals surface area contributed by atoms with Crippen LogP contribution in [-0.4, -0.2) is 29.7 Å². The maximum absolute atomic E-state index is 12.5. The predicted molar refractivity (Wildman–Crippen MR) is 107 cm³/mol. The highest BCUT2D eigenvalue weighted by molar-refractivity contribution is 5.74. The second-order valence-corrected chi connectivity index (χ2v) is 8.87. The zero-order valence-corrected chi connectivity index (χ0v) is 17.0. The highest BCUT2D eigenvalue weighted by Gasteiger charge is 2.32. The average molecular weight is 374 g/mol. The van der Waals surface area contributed by atoms with Gasteiger partial charge in [-0.1, -0.05) is 27.2 Å². The third-order valence-corrected chi connectivity index (χ3v) is 6.78. The first-order chi connectivity index (χ1) is 13.0. The quantitative estimate of drug-likeness (QED) is 0.793. The Morgan fingerprint density at radius 3 is 2.44 bits per heavy atom. The second-order valence-electron chi connectivity index (χ2n) is 8.87. The van der Waals surface area contributed by atoms with E-state index in [0.717, 1.165) is 37.2 Å². The van der Waals surface area contributed by atoms with Crippen LogP contribution < -0.4 is 10.6 Å². The van der Waals surface area contributed by atoms with E-state index in [1.165, 1.54) is 19.3 Å². The first-order valence-corrected chi connectivity index (χ1v) is 10.6. The van der Waals surface area contributed by atoms with E-state index >= 15 is 0 Å². The molecule has 2 N–H and O–H groups in total. The number of carbonyl (C=O) groups is 1. The largest absolute Gasteiger partial charge is 0.373 e. The van der Waals surface area contributed by atoms with Gasteiger partial charge in [0.2, 0.25) is 0 Å². The van der Waals surface area contributed by atoms with Crippen molar-refractivity contribution in [2.75, 3.05) is 6.61 Å². The lowest BCUT2D eigenvalue weighted by Crippen LogP contribution is -2.49. The van der Waals surface area contributed by atoms with Crippen LogP contribution in [0.3, 0.4) is 0 Å². The van der Waals surface area contributed by atoms with Crippen molar-refractivity contribution >= 4 is 6.03 Å². The number of ether oxygens (including phenoxy) is 1. The smallest absolute Gasteiger partial charge is 0.315 e. The lowest BCUT2D eigenvalue weighted by atomic mass is 9.69. The summed E-state index contributed by atoms with van der Waals surface area (Å²) in [5.41, 5.74) is 1.55. The molecule has 1 aliphatic carbocycles. The van der Waals surface area contributed by atoms with Gasteiger partial charge >= 0.3 is 6.03 Å². The zero-order valence-electron chi connectivity index (χ0n) is 17.0. The minimum absolute atomic E-state index is 0.0198. The van der Waals surface area contributed by atoms with Crippen LogP contribution in [0.5, 0.6) is 0 Å². The van der Waals surface area contributed by atoms with Crippen molar-refractivity contribution in [3.8, 4) is 0 Å². The van der Waals surface area contributed by atoms with E-state index in [1.807, 2.05) is 12.1 Å². The van der Waals surface area contributed by atoms with Crippen LogP contribution in [0.25, 0.3) is 0 Å². The van der Waals surface area contributed by atoms with Crippen LogP contribution >= 0.6 is 0 Å². The number of pyridine rings is 1. The highest BCUT2D eigenvalue weighted by Crippen LogP contribution is 2.40. The van der Waals surface area contributed by atoms with Crippen LogP contribution in [0, 0.1) is 11.3 Å². The van der Waals surface area contributed by atoms with Crippen LogP contribution in [0.15, 0.2) is 24.5 Å². The molecule has 0 radical (unpaired) electrons. The molecule has 5 nitrogen and oxygen atoms in total. The number of aromatic nitrogens is 1. The van der Waals surface area contributed by atoms with Crippen LogP contribution in [-0.2, 0) is 4.74 Å². The molecule has 2 atom stereocenters. The van der Waals surface area contributed by atoms with Gasteiger partial charge < -0.3 is 15.4 Å². The molecule has 150 valence electrons. The Hall–Kier alpha value is -1.62. The molecule has 1 aromatic rings. The molecule has 2 unspecified atom stereocenters. The normalized spacial score (nSPS) is 29.1. The fourth-order valence-electron chi connectivity index (χ4n) is 4.46. The van der Waals surface area contributed by atoms with Gasteiger partial charge in [0.15, 0.2) is 0 Å². The molecule has 2 fully saturated rings. The fraction of sp³-hybridized carbons (Fsp3) is 0.727. The minimum Gasteiger partial charge on any atom is -0.373 e. The van der Waals surface area contributed by atoms with Crippen LogP contribution in [0.4, 0.5) is 4.79 Å². The van der Waals surface area contributed by atoms with E-state index in [4.69, 9.17) is 4.74 Å². The van der Waals surface area contributed by atoms with Crippen molar-refractivity contribution in [1.29, 1.82) is 0 Å². The van der Waals surface area contributed by atoms with Crippen molar-refractivity contribution in [3.63, 3.8) is 0 Å². The van der Waals surface area contributed by atoms with Crippen LogP contribution in [0.2, 0.25) is 0 Å². The third kappa shape index (κ3) is 5.44. The van der Waals surface area contributed by atoms with Gasteiger partial charge in [0, 0.05) is 31.1 Å². The molecule has 1 saturated carbocycles. The summed E-state index contributed by atoms with van der Waals surface area (Å²) >= 11 is 0. The van der Waals surface area contributed by atoms with Gasteiger partial charge in [-0.3, -0.25) is 4.98 Å². The summed E-state index contributed by atoms with van der Waals surface area (Å²) in [7, 11) is 0. The number of carbonyl (C=O) groups excluding carboxylic acids is 1. The number of amides is 2. The summed E-state index contributed by atoms with van der Waals surface area (Å²) in [6.45, 7) is 7.71. The van der Waals surface area contributed by atoms with E-state index in [-0.39, 0.29) is 18.2 Å². The standard InChI is InChI=1S/C22H35N3O2/c1-4-22(2,3)17-5-7-18(8-6-17)24-21(26)25-19-11-14-27-20(15-19)16-9-12-23-13-10-16/h9-10,12-13,17-20H,4-8,11,14-15H2,1-3H3,(H2,24,25,26). The second kappa shape index (κ2) is 9.05. The lowest BCUT2D eigenvalue weighted by molar-refractivity contribution is 0.00211. The van der Waals surface area contributed by atoms with Gasteiger partial charge in [-0.05, 0) is 67.6 Å². The molecular formula is C22H35N3O2. The SMILES string of the molecule is CCC(C)(C)C1CCC(NC(=O)NC2CCOC(c3ccncc3)C2)CC1. The first-order valence-electron chi connectivity index (χ1n) is 10.6. The van der Waals surface area contributed by atoms with Gasteiger partial charge in [-0.25, -0.2) is 4.79 Å². The molecule has 1 aromatic heterocycles. The summed E-state index contributed by atoms with van der Waals surface area (Å²) in [5, 5.41) is 6.38. The fourth-order valence-corrected chi connectivity index (χ4v) is 4.46. The van der Waals surface area contributed by atoms with E-state index in [9.17, 15) is 4.79 Å². The van der Waals surface area contributed by atoms with E-state index in [0.29, 0.717) is 18.1 Å². The molecule has 5 heteroatoms. The van der Waals surface area contributed by atoms with Crippen molar-refractivity contribution in [1.82, 2.24) is 15.6 Å². The van der Waals surface area contributed by atoms with Crippen LogP contribution in [0.1, 0.15) is 77.4 Å². The summed E-state index contributed by atoms with van der Waals surface area (Å²) in [6.07, 6.45) is 11.1. The van der Waals surface area contributed by atoms with Crippen molar-refractivity contribution in [2.24, 2.45) is 11.3 Å². The summed E-state index contributed by atoms with van der Waals surface area (Å²) in [6, 6.07) is 4.43. The van der Waals surface area contributed by atoms with E-state index in [2.05, 4.69) is 36.4 Å². The summed E-state index contributed by atoms with van der Waals surface area (Å²) < 4.78 is 5.88. The van der Waals surface area contributed by atoms with Crippen molar-refractivity contribution in [3.05, 3.63) is 30.1 Å². The van der Waals surface area contributed by atoms with Gasteiger partial charge in [0.1, 0.15) is 0 Å². The number of hydrogen-bond acceptors (Lipinski definition) is 3. The summed E-state index contributed by atoms with van der Waals surface area (Å²) in [4.78, 5) is 16.5. The molecule has 2 heterocycles. The lowest BCUT2D eigenvalue weighted by Gasteiger charge is -2.39. The van der Waals surface area contributed by atoms with E-state index in [1.54, 1.807) is 12.4 Å². The van der Waals surface area contributed by atoms with Crippen molar-refractivity contribution in [2.45, 2.75) is 83.9 Å². The molecule has 2 aliphatic rings. The van der Waals surface area contributed by atoms with Gasteiger partial charge in [-0.15, -0.1) is 0 Å². The third-order valence-electron chi connectivity index (χ3n) is 6.78. The molecule has 2 amide bonds. The topological polar surface area (TPSA) is 63.2 Å². The number of urea groups is 1. The Kier molecular flexibility index (Phi) is 6.74. The maximum atomic E-state index is 12.5. The Morgan fingerprint density at radius 1 is 1.11 bits per heavy atom. The number of nitrogens with zero attached hydrogens (tertiary/aromatic N) is 1. The molecule has 0 aromatic carbocycles. The zero-order chi connectivity index (χ0) is 19.3. The Bertz CT molecular complexity index is 597. The maximum Gasteiger partial charge on any atom is 0.315 e. The molecule has 1 saturated heterocycles. The monoisotopic (exact) mass is 373 g/mol.